The molecule has 2 heterocycles. The van der Waals surface area contributed by atoms with Crippen molar-refractivity contribution in [2.75, 3.05) is 20.2 Å². The van der Waals surface area contributed by atoms with Gasteiger partial charge in [0.25, 0.3) is 5.91 Å². The SMILES string of the molecule is COc1cccc(C(=O)N2CCC(c3nc4ccccc4o3)CC2)c1. The van der Waals surface area contributed by atoms with Crippen molar-refractivity contribution in [1.29, 1.82) is 0 Å². The van der Waals surface area contributed by atoms with E-state index in [9.17, 15) is 4.79 Å². The van der Waals surface area contributed by atoms with E-state index in [4.69, 9.17) is 9.15 Å². The highest BCUT2D eigenvalue weighted by Crippen LogP contribution is 2.30. The molecule has 1 aromatic heterocycles. The maximum Gasteiger partial charge on any atom is 0.253 e. The first-order valence-corrected chi connectivity index (χ1v) is 8.53. The van der Waals surface area contributed by atoms with Crippen LogP contribution in [0.15, 0.2) is 52.9 Å². The molecule has 1 amide bonds. The number of para-hydroxylation sites is 2. The van der Waals surface area contributed by atoms with Crippen LogP contribution in [0.1, 0.15) is 35.0 Å². The summed E-state index contributed by atoms with van der Waals surface area (Å²) in [6.07, 6.45) is 1.73. The topological polar surface area (TPSA) is 55.6 Å². The Labute approximate surface area is 146 Å². The largest absolute Gasteiger partial charge is 0.497 e. The van der Waals surface area contributed by atoms with Crippen molar-refractivity contribution in [2.45, 2.75) is 18.8 Å². The number of nitrogens with zero attached hydrogens (tertiary/aromatic N) is 2. The summed E-state index contributed by atoms with van der Waals surface area (Å²) in [5, 5.41) is 0. The second kappa shape index (κ2) is 6.59. The average molecular weight is 336 g/mol. The first-order valence-electron chi connectivity index (χ1n) is 8.53. The molecule has 1 fully saturated rings. The molecule has 0 saturated carbocycles. The number of fused-ring (bicyclic) bond motifs is 1. The van der Waals surface area contributed by atoms with Gasteiger partial charge < -0.3 is 14.1 Å². The van der Waals surface area contributed by atoms with Gasteiger partial charge in [-0.15, -0.1) is 0 Å². The van der Waals surface area contributed by atoms with Gasteiger partial charge in [0.05, 0.1) is 7.11 Å². The summed E-state index contributed by atoms with van der Waals surface area (Å²) in [6, 6.07) is 15.1. The fourth-order valence-electron chi connectivity index (χ4n) is 3.33. The fraction of sp³-hybridized carbons (Fsp3) is 0.300. The normalized spacial score (nSPS) is 15.5. The van der Waals surface area contributed by atoms with Crippen LogP contribution >= 0.6 is 0 Å². The van der Waals surface area contributed by atoms with Crippen LogP contribution in [-0.4, -0.2) is 36.0 Å². The molecule has 0 aliphatic carbocycles. The smallest absolute Gasteiger partial charge is 0.253 e. The van der Waals surface area contributed by atoms with E-state index >= 15 is 0 Å². The molecule has 0 bridgehead atoms. The molecule has 5 nitrogen and oxygen atoms in total. The number of hydrogen-bond donors (Lipinski definition) is 0. The van der Waals surface area contributed by atoms with Crippen molar-refractivity contribution < 1.29 is 13.9 Å². The van der Waals surface area contributed by atoms with Crippen LogP contribution in [0.2, 0.25) is 0 Å². The Morgan fingerprint density at radius 2 is 1.96 bits per heavy atom. The second-order valence-electron chi connectivity index (χ2n) is 6.32. The van der Waals surface area contributed by atoms with E-state index in [-0.39, 0.29) is 11.8 Å². The number of carbonyl (C=O) groups excluding carboxylic acids is 1. The van der Waals surface area contributed by atoms with Crippen molar-refractivity contribution in [3.05, 3.63) is 60.0 Å². The molecule has 2 aromatic carbocycles. The molecule has 0 unspecified atom stereocenters. The summed E-state index contributed by atoms with van der Waals surface area (Å²) in [5.41, 5.74) is 2.39. The molecule has 3 aromatic rings. The third kappa shape index (κ3) is 3.09. The number of likely N-dealkylation sites (tertiary alicyclic amines) is 1. The van der Waals surface area contributed by atoms with Crippen LogP contribution in [0.3, 0.4) is 0 Å². The van der Waals surface area contributed by atoms with Crippen molar-refractivity contribution in [3.63, 3.8) is 0 Å². The van der Waals surface area contributed by atoms with E-state index < -0.39 is 0 Å². The number of methoxy groups -OCH3 is 1. The van der Waals surface area contributed by atoms with Gasteiger partial charge in [-0.25, -0.2) is 4.98 Å². The maximum atomic E-state index is 12.7. The Morgan fingerprint density at radius 1 is 1.16 bits per heavy atom. The number of rotatable bonds is 3. The van der Waals surface area contributed by atoms with Gasteiger partial charge in [-0.05, 0) is 43.2 Å². The Kier molecular flexibility index (Phi) is 4.14. The van der Waals surface area contributed by atoms with Gasteiger partial charge in [-0.3, -0.25) is 4.79 Å². The molecule has 0 radical (unpaired) electrons. The van der Waals surface area contributed by atoms with Crippen molar-refractivity contribution in [3.8, 4) is 5.75 Å². The number of oxazole rings is 1. The van der Waals surface area contributed by atoms with E-state index in [0.717, 1.165) is 29.8 Å². The number of benzene rings is 2. The predicted molar refractivity (Wildman–Crippen MR) is 94.9 cm³/mol. The third-order valence-corrected chi connectivity index (χ3v) is 4.76. The van der Waals surface area contributed by atoms with Crippen LogP contribution in [0.5, 0.6) is 5.75 Å². The quantitative estimate of drug-likeness (QED) is 0.729. The standard InChI is InChI=1S/C20H20N2O3/c1-24-16-6-4-5-15(13-16)20(23)22-11-9-14(10-12-22)19-21-17-7-2-3-8-18(17)25-19/h2-8,13-14H,9-12H2,1H3. The van der Waals surface area contributed by atoms with Crippen LogP contribution in [0.25, 0.3) is 11.1 Å². The lowest BCUT2D eigenvalue weighted by Gasteiger charge is -2.30. The molecule has 4 rings (SSSR count). The van der Waals surface area contributed by atoms with E-state index in [0.29, 0.717) is 24.4 Å². The van der Waals surface area contributed by atoms with Crippen LogP contribution in [-0.2, 0) is 0 Å². The zero-order valence-corrected chi connectivity index (χ0v) is 14.1. The second-order valence-corrected chi connectivity index (χ2v) is 6.32. The minimum atomic E-state index is 0.0508. The fourth-order valence-corrected chi connectivity index (χ4v) is 3.33. The molecule has 1 aliphatic rings. The van der Waals surface area contributed by atoms with Gasteiger partial charge >= 0.3 is 0 Å². The molecule has 128 valence electrons. The lowest BCUT2D eigenvalue weighted by molar-refractivity contribution is 0.0706. The van der Waals surface area contributed by atoms with Gasteiger partial charge in [-0.1, -0.05) is 18.2 Å². The summed E-state index contributed by atoms with van der Waals surface area (Å²) in [6.45, 7) is 1.42. The summed E-state index contributed by atoms with van der Waals surface area (Å²) < 4.78 is 11.1. The minimum Gasteiger partial charge on any atom is -0.497 e. The number of carbonyl (C=O) groups is 1. The molecular formula is C20H20N2O3. The zero-order valence-electron chi connectivity index (χ0n) is 14.1. The summed E-state index contributed by atoms with van der Waals surface area (Å²) >= 11 is 0. The highest BCUT2D eigenvalue weighted by Gasteiger charge is 2.27. The summed E-state index contributed by atoms with van der Waals surface area (Å²) in [4.78, 5) is 19.2. The van der Waals surface area contributed by atoms with Crippen LogP contribution < -0.4 is 4.74 Å². The number of hydrogen-bond acceptors (Lipinski definition) is 4. The van der Waals surface area contributed by atoms with E-state index in [1.165, 1.54) is 0 Å². The van der Waals surface area contributed by atoms with Crippen molar-refractivity contribution >= 4 is 17.0 Å². The average Bonchev–Trinajstić information content (AvgIpc) is 3.12. The van der Waals surface area contributed by atoms with E-state index in [1.807, 2.05) is 47.4 Å². The first kappa shape index (κ1) is 15.7. The Bertz CT molecular complexity index is 862. The first-order chi connectivity index (χ1) is 12.2. The third-order valence-electron chi connectivity index (χ3n) is 4.76. The van der Waals surface area contributed by atoms with Gasteiger partial charge in [0.1, 0.15) is 11.3 Å². The Balaban J connectivity index is 1.44. The van der Waals surface area contributed by atoms with Gasteiger partial charge in [0.15, 0.2) is 11.5 Å². The van der Waals surface area contributed by atoms with Gasteiger partial charge in [0.2, 0.25) is 0 Å². The lowest BCUT2D eigenvalue weighted by atomic mass is 9.96. The Hall–Kier alpha value is -2.82. The molecular weight excluding hydrogens is 316 g/mol. The Morgan fingerprint density at radius 3 is 2.72 bits per heavy atom. The van der Waals surface area contributed by atoms with Crippen molar-refractivity contribution in [2.24, 2.45) is 0 Å². The molecule has 5 heteroatoms. The number of piperidine rings is 1. The molecule has 0 atom stereocenters. The zero-order chi connectivity index (χ0) is 17.2. The molecule has 0 spiro atoms. The monoisotopic (exact) mass is 336 g/mol. The molecule has 0 N–H and O–H groups in total. The molecule has 1 aliphatic heterocycles. The number of aromatic nitrogens is 1. The van der Waals surface area contributed by atoms with E-state index in [1.54, 1.807) is 13.2 Å². The van der Waals surface area contributed by atoms with Crippen LogP contribution in [0.4, 0.5) is 0 Å². The van der Waals surface area contributed by atoms with Crippen molar-refractivity contribution in [1.82, 2.24) is 9.88 Å². The van der Waals surface area contributed by atoms with Gasteiger partial charge in [-0.2, -0.15) is 0 Å². The summed E-state index contributed by atoms with van der Waals surface area (Å²) in [7, 11) is 1.61. The summed E-state index contributed by atoms with van der Waals surface area (Å²) in [5.74, 6) is 1.80. The highest BCUT2D eigenvalue weighted by molar-refractivity contribution is 5.94. The molecule has 1 saturated heterocycles. The molecule has 25 heavy (non-hydrogen) atoms. The maximum absolute atomic E-state index is 12.7. The predicted octanol–water partition coefficient (Wildman–Crippen LogP) is 3.86. The number of amides is 1. The van der Waals surface area contributed by atoms with Gasteiger partial charge in [0, 0.05) is 24.6 Å². The highest BCUT2D eigenvalue weighted by atomic mass is 16.5. The number of ether oxygens (including phenoxy) is 1. The minimum absolute atomic E-state index is 0.0508. The van der Waals surface area contributed by atoms with E-state index in [2.05, 4.69) is 4.98 Å². The lowest BCUT2D eigenvalue weighted by Crippen LogP contribution is -2.38. The van der Waals surface area contributed by atoms with Crippen LogP contribution in [0, 0.1) is 0 Å².